The molecule has 0 aliphatic rings. The van der Waals surface area contributed by atoms with Crippen LogP contribution in [-0.4, -0.2) is 36.6 Å². The quantitative estimate of drug-likeness (QED) is 0.835. The minimum absolute atomic E-state index is 0.0706. The Kier molecular flexibility index (Phi) is 4.15. The van der Waals surface area contributed by atoms with Crippen LogP contribution in [0.5, 0.6) is 5.75 Å². The second-order valence-corrected chi connectivity index (χ2v) is 4.32. The Hall–Kier alpha value is -1.26. The van der Waals surface area contributed by atoms with Crippen molar-refractivity contribution in [1.82, 2.24) is 4.90 Å². The highest BCUT2D eigenvalue weighted by molar-refractivity contribution is 6.31. The van der Waals surface area contributed by atoms with Gasteiger partial charge in [-0.1, -0.05) is 11.6 Å². The Morgan fingerprint density at radius 3 is 2.62 bits per heavy atom. The molecule has 0 aliphatic heterocycles. The summed E-state index contributed by atoms with van der Waals surface area (Å²) in [5, 5.41) is 10.2. The predicted octanol–water partition coefficient (Wildman–Crippen LogP) is 1.25. The van der Waals surface area contributed by atoms with E-state index >= 15 is 0 Å². The third-order valence-electron chi connectivity index (χ3n) is 2.25. The van der Waals surface area contributed by atoms with Gasteiger partial charge in [-0.15, -0.1) is 0 Å². The van der Waals surface area contributed by atoms with Crippen LogP contribution in [0.1, 0.15) is 15.9 Å². The van der Waals surface area contributed by atoms with Gasteiger partial charge in [-0.25, -0.2) is 0 Å². The van der Waals surface area contributed by atoms with E-state index in [1.807, 2.05) is 19.0 Å². The van der Waals surface area contributed by atoms with Crippen molar-refractivity contribution in [1.29, 1.82) is 0 Å². The first-order chi connectivity index (χ1) is 7.41. The molecule has 0 radical (unpaired) electrons. The Morgan fingerprint density at radius 1 is 1.50 bits per heavy atom. The summed E-state index contributed by atoms with van der Waals surface area (Å²) in [5.74, 6) is -0.746. The third kappa shape index (κ3) is 3.12. The van der Waals surface area contributed by atoms with Gasteiger partial charge in [0.25, 0.3) is 5.91 Å². The molecule has 1 aromatic rings. The lowest BCUT2D eigenvalue weighted by atomic mass is 10.1. The third-order valence-corrected chi connectivity index (χ3v) is 2.47. The molecule has 0 aromatic heterocycles. The Balaban J connectivity index is 3.04. The van der Waals surface area contributed by atoms with E-state index in [-0.39, 0.29) is 11.3 Å². The van der Waals surface area contributed by atoms with Crippen LogP contribution in [0.3, 0.4) is 0 Å². The molecule has 0 heterocycles. The van der Waals surface area contributed by atoms with Gasteiger partial charge in [0.1, 0.15) is 5.75 Å². The van der Waals surface area contributed by atoms with Crippen LogP contribution < -0.4 is 5.73 Å². The molecule has 0 saturated carbocycles. The maximum atomic E-state index is 11.1. The van der Waals surface area contributed by atoms with Crippen molar-refractivity contribution in [2.24, 2.45) is 5.73 Å². The fourth-order valence-corrected chi connectivity index (χ4v) is 1.62. The van der Waals surface area contributed by atoms with Crippen molar-refractivity contribution in [3.05, 3.63) is 28.3 Å². The zero-order chi connectivity index (χ0) is 12.3. The number of likely N-dealkylation sites (N-methyl/N-ethyl adjacent to an activating group) is 1. The predicted molar refractivity (Wildman–Crippen MR) is 63.9 cm³/mol. The summed E-state index contributed by atoms with van der Waals surface area (Å²) in [6.07, 6.45) is 0.611. The smallest absolute Gasteiger partial charge is 0.252 e. The molecule has 3 N–H and O–H groups in total. The van der Waals surface area contributed by atoms with Gasteiger partial charge >= 0.3 is 0 Å². The number of carbonyl (C=O) groups is 1. The van der Waals surface area contributed by atoms with Crippen molar-refractivity contribution < 1.29 is 9.90 Å². The van der Waals surface area contributed by atoms with Gasteiger partial charge in [-0.05, 0) is 38.2 Å². The lowest BCUT2D eigenvalue weighted by molar-refractivity contribution is 0.0997. The molecule has 4 nitrogen and oxygen atoms in total. The van der Waals surface area contributed by atoms with Crippen LogP contribution in [0.25, 0.3) is 0 Å². The number of carbonyl (C=O) groups excluding carboxylic acids is 1. The number of phenols is 1. The minimum Gasteiger partial charge on any atom is -0.507 e. The molecule has 0 bridgehead atoms. The maximum absolute atomic E-state index is 11.1. The molecule has 0 aliphatic carbocycles. The van der Waals surface area contributed by atoms with Crippen molar-refractivity contribution >= 4 is 17.5 Å². The molecule has 88 valence electrons. The first-order valence-corrected chi connectivity index (χ1v) is 5.25. The molecular weight excluding hydrogens is 228 g/mol. The van der Waals surface area contributed by atoms with Gasteiger partial charge in [-0.3, -0.25) is 4.79 Å². The molecule has 0 atom stereocenters. The van der Waals surface area contributed by atoms with Gasteiger partial charge in [0.05, 0.1) is 5.56 Å². The molecule has 5 heteroatoms. The summed E-state index contributed by atoms with van der Waals surface area (Å²) in [5.41, 5.74) is 5.85. The summed E-state index contributed by atoms with van der Waals surface area (Å²) in [6, 6.07) is 3.02. The molecule has 16 heavy (non-hydrogen) atoms. The molecule has 1 rings (SSSR count). The average Bonchev–Trinajstić information content (AvgIpc) is 2.18. The second-order valence-electron chi connectivity index (χ2n) is 3.88. The number of amides is 1. The number of rotatable bonds is 4. The summed E-state index contributed by atoms with van der Waals surface area (Å²) in [6.45, 7) is 0.756. The van der Waals surface area contributed by atoms with Gasteiger partial charge < -0.3 is 15.7 Å². The molecule has 0 fully saturated rings. The van der Waals surface area contributed by atoms with E-state index in [1.54, 1.807) is 6.07 Å². The standard InChI is InChI=1S/C11H15ClN2O2/c1-14(2)4-3-7-5-8(12)6-9(10(7)15)11(13)16/h5-6,15H,3-4H2,1-2H3,(H2,13,16). The first-order valence-electron chi connectivity index (χ1n) is 4.87. The molecule has 1 amide bonds. The van der Waals surface area contributed by atoms with E-state index in [0.717, 1.165) is 6.54 Å². The molecule has 0 saturated heterocycles. The molecule has 0 spiro atoms. The van der Waals surface area contributed by atoms with E-state index in [9.17, 15) is 9.90 Å². The number of nitrogens with zero attached hydrogens (tertiary/aromatic N) is 1. The van der Waals surface area contributed by atoms with E-state index in [0.29, 0.717) is 17.0 Å². The van der Waals surface area contributed by atoms with Crippen molar-refractivity contribution in [2.45, 2.75) is 6.42 Å². The number of hydrogen-bond acceptors (Lipinski definition) is 3. The van der Waals surface area contributed by atoms with Crippen LogP contribution in [0, 0.1) is 0 Å². The fourth-order valence-electron chi connectivity index (χ4n) is 1.38. The lowest BCUT2D eigenvalue weighted by Crippen LogP contribution is -2.16. The topological polar surface area (TPSA) is 66.6 Å². The highest BCUT2D eigenvalue weighted by Gasteiger charge is 2.13. The number of primary amides is 1. The minimum atomic E-state index is -0.675. The Morgan fingerprint density at radius 2 is 2.12 bits per heavy atom. The molecule has 0 unspecified atom stereocenters. The maximum Gasteiger partial charge on any atom is 0.252 e. The number of halogens is 1. The van der Waals surface area contributed by atoms with Crippen LogP contribution in [0.15, 0.2) is 12.1 Å². The van der Waals surface area contributed by atoms with Gasteiger partial charge in [0.15, 0.2) is 0 Å². The monoisotopic (exact) mass is 242 g/mol. The van der Waals surface area contributed by atoms with E-state index in [1.165, 1.54) is 6.07 Å². The van der Waals surface area contributed by atoms with Gasteiger partial charge in [-0.2, -0.15) is 0 Å². The Labute approximate surface area is 99.6 Å². The van der Waals surface area contributed by atoms with Crippen molar-refractivity contribution in [2.75, 3.05) is 20.6 Å². The van der Waals surface area contributed by atoms with Crippen LogP contribution in [0.2, 0.25) is 5.02 Å². The first kappa shape index (κ1) is 12.8. The lowest BCUT2D eigenvalue weighted by Gasteiger charge is -2.12. The number of hydrogen-bond donors (Lipinski definition) is 2. The summed E-state index contributed by atoms with van der Waals surface area (Å²) >= 11 is 5.85. The van der Waals surface area contributed by atoms with E-state index < -0.39 is 5.91 Å². The van der Waals surface area contributed by atoms with Crippen LogP contribution >= 0.6 is 11.6 Å². The van der Waals surface area contributed by atoms with Crippen LogP contribution in [-0.2, 0) is 6.42 Å². The van der Waals surface area contributed by atoms with E-state index in [2.05, 4.69) is 0 Å². The zero-order valence-electron chi connectivity index (χ0n) is 9.33. The summed E-state index contributed by atoms with van der Waals surface area (Å²) in [4.78, 5) is 13.0. The number of aromatic hydroxyl groups is 1. The summed E-state index contributed by atoms with van der Waals surface area (Å²) < 4.78 is 0. The van der Waals surface area contributed by atoms with Gasteiger partial charge in [0, 0.05) is 11.6 Å². The van der Waals surface area contributed by atoms with Gasteiger partial charge in [0.2, 0.25) is 0 Å². The average molecular weight is 243 g/mol. The van der Waals surface area contributed by atoms with E-state index in [4.69, 9.17) is 17.3 Å². The fraction of sp³-hybridized carbons (Fsp3) is 0.364. The van der Waals surface area contributed by atoms with Crippen molar-refractivity contribution in [3.63, 3.8) is 0 Å². The second kappa shape index (κ2) is 5.18. The highest BCUT2D eigenvalue weighted by atomic mass is 35.5. The molecular formula is C11H15ClN2O2. The normalized spacial score (nSPS) is 10.8. The summed E-state index contributed by atoms with van der Waals surface area (Å²) in [7, 11) is 3.85. The molecule has 1 aromatic carbocycles. The van der Waals surface area contributed by atoms with Crippen molar-refractivity contribution in [3.8, 4) is 5.75 Å². The van der Waals surface area contributed by atoms with Crippen LogP contribution in [0.4, 0.5) is 0 Å². The highest BCUT2D eigenvalue weighted by Crippen LogP contribution is 2.27. The zero-order valence-corrected chi connectivity index (χ0v) is 10.1. The number of nitrogens with two attached hydrogens (primary N) is 1. The Bertz CT molecular complexity index is 405. The largest absolute Gasteiger partial charge is 0.507 e. The SMILES string of the molecule is CN(C)CCc1cc(Cl)cc(C(N)=O)c1O. The number of benzene rings is 1.